The molecule has 102 valence electrons. The molecule has 0 aliphatic carbocycles. The number of benzene rings is 1. The van der Waals surface area contributed by atoms with Crippen molar-refractivity contribution >= 4 is 23.1 Å². The molecule has 0 amide bonds. The first-order valence-electron chi connectivity index (χ1n) is 6.44. The Kier molecular flexibility index (Phi) is 3.32. The van der Waals surface area contributed by atoms with Crippen LogP contribution in [0, 0.1) is 13.8 Å². The highest BCUT2D eigenvalue weighted by Gasteiger charge is 2.07. The average Bonchev–Trinajstić information content (AvgIpc) is 2.80. The van der Waals surface area contributed by atoms with Gasteiger partial charge >= 0.3 is 0 Å². The van der Waals surface area contributed by atoms with Crippen molar-refractivity contribution in [2.75, 3.05) is 5.32 Å². The van der Waals surface area contributed by atoms with Gasteiger partial charge in [-0.15, -0.1) is 0 Å². The van der Waals surface area contributed by atoms with Crippen molar-refractivity contribution < 1.29 is 0 Å². The Bertz CT molecular complexity index is 746. The van der Waals surface area contributed by atoms with Crippen LogP contribution in [0.1, 0.15) is 16.8 Å². The Morgan fingerprint density at radius 1 is 1.20 bits per heavy atom. The zero-order valence-corrected chi connectivity index (χ0v) is 12.1. The summed E-state index contributed by atoms with van der Waals surface area (Å²) in [6.45, 7) is 4.71. The van der Waals surface area contributed by atoms with Gasteiger partial charge in [-0.2, -0.15) is 9.61 Å². The van der Waals surface area contributed by atoms with E-state index in [0.717, 1.165) is 27.7 Å². The summed E-state index contributed by atoms with van der Waals surface area (Å²) in [5, 5.41) is 8.50. The van der Waals surface area contributed by atoms with E-state index in [-0.39, 0.29) is 0 Å². The molecule has 1 aromatic carbocycles. The highest BCUT2D eigenvalue weighted by Crippen LogP contribution is 2.16. The molecule has 0 saturated heterocycles. The first-order valence-corrected chi connectivity index (χ1v) is 6.81. The maximum atomic E-state index is 5.89. The quantitative estimate of drug-likeness (QED) is 0.800. The molecule has 0 bridgehead atoms. The van der Waals surface area contributed by atoms with Crippen LogP contribution < -0.4 is 5.32 Å². The van der Waals surface area contributed by atoms with Crippen molar-refractivity contribution in [3.05, 3.63) is 58.4 Å². The number of nitrogens with one attached hydrogen (secondary N) is 1. The lowest BCUT2D eigenvalue weighted by Crippen LogP contribution is -2.06. The first kappa shape index (κ1) is 12.9. The van der Waals surface area contributed by atoms with Crippen molar-refractivity contribution in [1.29, 1.82) is 0 Å². The molecular formula is C15H15ClN4. The number of fused-ring (bicyclic) bond motifs is 1. The normalized spacial score (nSPS) is 10.9. The summed E-state index contributed by atoms with van der Waals surface area (Å²) in [6, 6.07) is 9.80. The summed E-state index contributed by atoms with van der Waals surface area (Å²) in [7, 11) is 0. The van der Waals surface area contributed by atoms with Crippen LogP contribution >= 0.6 is 11.6 Å². The molecule has 20 heavy (non-hydrogen) atoms. The highest BCUT2D eigenvalue weighted by molar-refractivity contribution is 6.30. The molecule has 2 aromatic heterocycles. The Morgan fingerprint density at radius 2 is 1.95 bits per heavy atom. The number of hydrogen-bond donors (Lipinski definition) is 1. The lowest BCUT2D eigenvalue weighted by Gasteiger charge is -2.09. The van der Waals surface area contributed by atoms with Gasteiger partial charge in [-0.05, 0) is 31.5 Å². The zero-order chi connectivity index (χ0) is 14.1. The van der Waals surface area contributed by atoms with Crippen molar-refractivity contribution in [3.63, 3.8) is 0 Å². The molecule has 2 heterocycles. The van der Waals surface area contributed by atoms with Gasteiger partial charge in [0.2, 0.25) is 0 Å². The highest BCUT2D eigenvalue weighted by atomic mass is 35.5. The number of anilines is 1. The first-order chi connectivity index (χ1) is 9.63. The van der Waals surface area contributed by atoms with E-state index in [1.54, 1.807) is 0 Å². The molecular weight excluding hydrogens is 272 g/mol. The van der Waals surface area contributed by atoms with Crippen molar-refractivity contribution in [2.45, 2.75) is 20.4 Å². The fourth-order valence-corrected chi connectivity index (χ4v) is 2.24. The Hall–Kier alpha value is -2.07. The van der Waals surface area contributed by atoms with Crippen LogP contribution in [0.4, 0.5) is 5.82 Å². The van der Waals surface area contributed by atoms with Gasteiger partial charge in [-0.25, -0.2) is 4.98 Å². The van der Waals surface area contributed by atoms with Gasteiger partial charge in [0.15, 0.2) is 5.65 Å². The number of hydrogen-bond acceptors (Lipinski definition) is 3. The van der Waals surface area contributed by atoms with E-state index < -0.39 is 0 Å². The second-order valence-electron chi connectivity index (χ2n) is 4.83. The molecule has 0 radical (unpaired) electrons. The topological polar surface area (TPSA) is 42.2 Å². The van der Waals surface area contributed by atoms with E-state index in [1.165, 1.54) is 5.56 Å². The van der Waals surface area contributed by atoms with Gasteiger partial charge in [0.05, 0.1) is 6.20 Å². The summed E-state index contributed by atoms with van der Waals surface area (Å²) < 4.78 is 1.83. The molecule has 5 heteroatoms. The summed E-state index contributed by atoms with van der Waals surface area (Å²) >= 11 is 5.89. The summed E-state index contributed by atoms with van der Waals surface area (Å²) in [5.74, 6) is 0.940. The van der Waals surface area contributed by atoms with Crippen LogP contribution in [0.2, 0.25) is 5.02 Å². The summed E-state index contributed by atoms with van der Waals surface area (Å²) in [6.07, 6.45) is 1.83. The second-order valence-corrected chi connectivity index (χ2v) is 5.26. The predicted molar refractivity (Wildman–Crippen MR) is 81.2 cm³/mol. The average molecular weight is 287 g/mol. The molecule has 0 unspecified atom stereocenters. The van der Waals surface area contributed by atoms with Crippen LogP contribution in [0.5, 0.6) is 0 Å². The summed E-state index contributed by atoms with van der Waals surface area (Å²) in [4.78, 5) is 4.51. The van der Waals surface area contributed by atoms with E-state index >= 15 is 0 Å². The van der Waals surface area contributed by atoms with Gasteiger partial charge in [0.1, 0.15) is 5.82 Å². The van der Waals surface area contributed by atoms with Crippen LogP contribution in [-0.2, 0) is 6.54 Å². The summed E-state index contributed by atoms with van der Waals surface area (Å²) in [5.41, 5.74) is 4.10. The molecule has 0 aliphatic rings. The zero-order valence-electron chi connectivity index (χ0n) is 11.4. The Labute approximate surface area is 122 Å². The molecule has 0 spiro atoms. The minimum absolute atomic E-state index is 0.717. The maximum absolute atomic E-state index is 5.89. The van der Waals surface area contributed by atoms with Crippen molar-refractivity contribution in [3.8, 4) is 0 Å². The lowest BCUT2D eigenvalue weighted by molar-refractivity contribution is 0.917. The maximum Gasteiger partial charge on any atom is 0.160 e. The third-order valence-corrected chi connectivity index (χ3v) is 3.42. The monoisotopic (exact) mass is 286 g/mol. The molecule has 0 fully saturated rings. The minimum Gasteiger partial charge on any atom is -0.366 e. The van der Waals surface area contributed by atoms with Crippen LogP contribution in [-0.4, -0.2) is 14.6 Å². The number of halogens is 1. The number of aromatic nitrogens is 3. The van der Waals surface area contributed by atoms with Gasteiger partial charge in [0.25, 0.3) is 0 Å². The van der Waals surface area contributed by atoms with Gasteiger partial charge in [0, 0.05) is 28.9 Å². The SMILES string of the molecule is Cc1cc(NCc2ccc(Cl)cc2)n2ncc(C)c2n1. The van der Waals surface area contributed by atoms with Crippen molar-refractivity contribution in [1.82, 2.24) is 14.6 Å². The minimum atomic E-state index is 0.717. The number of rotatable bonds is 3. The third kappa shape index (κ3) is 2.47. The largest absolute Gasteiger partial charge is 0.366 e. The van der Waals surface area contributed by atoms with E-state index in [9.17, 15) is 0 Å². The fourth-order valence-electron chi connectivity index (χ4n) is 2.11. The van der Waals surface area contributed by atoms with Gasteiger partial charge in [-0.3, -0.25) is 0 Å². The van der Waals surface area contributed by atoms with Gasteiger partial charge < -0.3 is 5.32 Å². The Morgan fingerprint density at radius 3 is 2.70 bits per heavy atom. The van der Waals surface area contributed by atoms with Crippen LogP contribution in [0.3, 0.4) is 0 Å². The van der Waals surface area contributed by atoms with E-state index in [2.05, 4.69) is 15.4 Å². The number of nitrogens with zero attached hydrogens (tertiary/aromatic N) is 3. The van der Waals surface area contributed by atoms with Crippen molar-refractivity contribution in [2.24, 2.45) is 0 Å². The van der Waals surface area contributed by atoms with E-state index in [0.29, 0.717) is 6.54 Å². The van der Waals surface area contributed by atoms with E-state index in [4.69, 9.17) is 11.6 Å². The molecule has 0 aliphatic heterocycles. The molecule has 1 N–H and O–H groups in total. The van der Waals surface area contributed by atoms with Crippen LogP contribution in [0.25, 0.3) is 5.65 Å². The number of aryl methyl sites for hydroxylation is 2. The van der Waals surface area contributed by atoms with Crippen LogP contribution in [0.15, 0.2) is 36.5 Å². The van der Waals surface area contributed by atoms with E-state index in [1.807, 2.05) is 54.9 Å². The molecule has 4 nitrogen and oxygen atoms in total. The molecule has 3 aromatic rings. The second kappa shape index (κ2) is 5.13. The fraction of sp³-hybridized carbons (Fsp3) is 0.200. The molecule has 0 atom stereocenters. The molecule has 3 rings (SSSR count). The molecule has 0 saturated carbocycles. The predicted octanol–water partition coefficient (Wildman–Crippen LogP) is 3.61. The third-order valence-electron chi connectivity index (χ3n) is 3.16. The smallest absolute Gasteiger partial charge is 0.160 e. The van der Waals surface area contributed by atoms with Gasteiger partial charge in [-0.1, -0.05) is 23.7 Å². The standard InChI is InChI=1S/C15H15ClN4/c1-10-8-18-20-14(7-11(2)19-15(10)20)17-9-12-3-5-13(16)6-4-12/h3-8,17H,9H2,1-2H3. The lowest BCUT2D eigenvalue weighted by atomic mass is 10.2. The Balaban J connectivity index is 1.89.